The lowest BCUT2D eigenvalue weighted by Crippen LogP contribution is -2.29. The second kappa shape index (κ2) is 8.21. The molecule has 138 valence electrons. The first-order valence-electron chi connectivity index (χ1n) is 7.37. The molecule has 0 aliphatic carbocycles. The summed E-state index contributed by atoms with van der Waals surface area (Å²) in [6.07, 6.45) is 0. The Bertz CT molecular complexity index is 845. The van der Waals surface area contributed by atoms with E-state index in [9.17, 15) is 18.7 Å². The van der Waals surface area contributed by atoms with Gasteiger partial charge >= 0.3 is 6.03 Å². The Morgan fingerprint density at radius 1 is 1.35 bits per heavy atom. The number of nitrogens with zero attached hydrogens (tertiary/aromatic N) is 1. The number of hydrogen-bond donors (Lipinski definition) is 5. The summed E-state index contributed by atoms with van der Waals surface area (Å²) in [7, 11) is 1.28. The highest BCUT2D eigenvalue weighted by molar-refractivity contribution is 5.99. The van der Waals surface area contributed by atoms with Crippen LogP contribution < -0.4 is 16.4 Å². The monoisotopic (exact) mass is 365 g/mol. The van der Waals surface area contributed by atoms with Gasteiger partial charge in [-0.05, 0) is 17.7 Å². The van der Waals surface area contributed by atoms with Gasteiger partial charge in [0.05, 0.1) is 25.0 Å². The molecule has 1 aromatic carbocycles. The number of urea groups is 1. The highest BCUT2D eigenvalue weighted by atomic mass is 19.2. The number of anilines is 2. The van der Waals surface area contributed by atoms with E-state index in [-0.39, 0.29) is 35.2 Å². The molecule has 8 nitrogen and oxygen atoms in total. The second-order valence-electron chi connectivity index (χ2n) is 5.17. The first kappa shape index (κ1) is 19.1. The summed E-state index contributed by atoms with van der Waals surface area (Å²) < 4.78 is 30.8. The molecular weight excluding hydrogens is 348 g/mol. The van der Waals surface area contributed by atoms with Gasteiger partial charge in [-0.1, -0.05) is 6.07 Å². The fourth-order valence-corrected chi connectivity index (χ4v) is 2.15. The van der Waals surface area contributed by atoms with Gasteiger partial charge in [0, 0.05) is 18.3 Å². The van der Waals surface area contributed by atoms with Gasteiger partial charge in [0.1, 0.15) is 5.82 Å². The minimum absolute atomic E-state index is 0.0435. The number of ether oxygens (including phenoxy) is 1. The molecule has 0 saturated carbocycles. The maximum Gasteiger partial charge on any atom is 0.320 e. The molecule has 2 amide bonds. The second-order valence-corrected chi connectivity index (χ2v) is 5.17. The number of benzene rings is 1. The summed E-state index contributed by atoms with van der Waals surface area (Å²) in [5.74, 6) is -2.21. The van der Waals surface area contributed by atoms with Crippen LogP contribution in [0.25, 0.3) is 0 Å². The first-order valence-corrected chi connectivity index (χ1v) is 7.37. The van der Waals surface area contributed by atoms with E-state index < -0.39 is 24.3 Å². The number of hydrogen-bond acceptors (Lipinski definition) is 6. The predicted molar refractivity (Wildman–Crippen MR) is 90.6 cm³/mol. The zero-order chi connectivity index (χ0) is 19.3. The molecule has 2 rings (SSSR count). The van der Waals surface area contributed by atoms with E-state index in [0.717, 1.165) is 12.1 Å². The summed E-state index contributed by atoms with van der Waals surface area (Å²) in [4.78, 5) is 15.9. The molecule has 10 heteroatoms. The smallest absolute Gasteiger partial charge is 0.320 e. The molecular formula is C16H17F2N5O3. The largest absolute Gasteiger partial charge is 0.481 e. The number of pyridine rings is 1. The molecule has 0 spiro atoms. The van der Waals surface area contributed by atoms with Crippen molar-refractivity contribution in [3.05, 3.63) is 52.7 Å². The zero-order valence-corrected chi connectivity index (χ0v) is 13.8. The number of carbonyl (C=O) groups is 1. The Hall–Kier alpha value is -3.27. The van der Waals surface area contributed by atoms with Gasteiger partial charge < -0.3 is 20.9 Å². The average Bonchev–Trinajstić information content (AvgIpc) is 2.61. The van der Waals surface area contributed by atoms with E-state index in [1.807, 2.05) is 0 Å². The van der Waals surface area contributed by atoms with Crippen molar-refractivity contribution in [2.75, 3.05) is 18.2 Å². The maximum absolute atomic E-state index is 13.1. The molecule has 0 radical (unpaired) electrons. The Morgan fingerprint density at radius 3 is 2.69 bits per heavy atom. The van der Waals surface area contributed by atoms with Crippen LogP contribution in [0.1, 0.15) is 16.8 Å². The van der Waals surface area contributed by atoms with E-state index in [1.165, 1.54) is 19.2 Å². The standard InChI is InChI=1S/C16H17F2N5O3/c1-26-15(20)14-11(19)5-13(22-12(14)7-24)23-16(25)21-6-8-2-3-9(17)10(18)4-8/h2-5,20,24H,6-7H2,1H3,(H4,19,21,22,23,25). The fourth-order valence-electron chi connectivity index (χ4n) is 2.15. The number of nitrogens with one attached hydrogen (secondary N) is 3. The molecule has 0 aliphatic rings. The highest BCUT2D eigenvalue weighted by Crippen LogP contribution is 2.21. The Labute approximate surface area is 147 Å². The minimum Gasteiger partial charge on any atom is -0.481 e. The lowest BCUT2D eigenvalue weighted by molar-refractivity contribution is 0.251. The molecule has 0 saturated heterocycles. The summed E-state index contributed by atoms with van der Waals surface area (Å²) >= 11 is 0. The van der Waals surface area contributed by atoms with Crippen molar-refractivity contribution < 1.29 is 23.4 Å². The Morgan fingerprint density at radius 2 is 2.08 bits per heavy atom. The lowest BCUT2D eigenvalue weighted by Gasteiger charge is -2.13. The van der Waals surface area contributed by atoms with Crippen LogP contribution in [0.5, 0.6) is 0 Å². The third kappa shape index (κ3) is 4.42. The van der Waals surface area contributed by atoms with E-state index >= 15 is 0 Å². The van der Waals surface area contributed by atoms with Crippen molar-refractivity contribution in [3.63, 3.8) is 0 Å². The third-order valence-corrected chi connectivity index (χ3v) is 3.38. The van der Waals surface area contributed by atoms with Gasteiger partial charge in [-0.2, -0.15) is 0 Å². The molecule has 2 aromatic rings. The van der Waals surface area contributed by atoms with Gasteiger partial charge in [-0.3, -0.25) is 10.7 Å². The van der Waals surface area contributed by atoms with Crippen molar-refractivity contribution >= 4 is 23.4 Å². The number of nitrogen functional groups attached to an aromatic ring is 1. The SMILES string of the molecule is COC(=N)c1c(N)cc(NC(=O)NCc2ccc(F)c(F)c2)nc1CO. The molecule has 0 aliphatic heterocycles. The number of methoxy groups -OCH3 is 1. The van der Waals surface area contributed by atoms with E-state index in [4.69, 9.17) is 15.9 Å². The molecule has 0 bridgehead atoms. The van der Waals surface area contributed by atoms with Gasteiger partial charge in [-0.25, -0.2) is 18.6 Å². The van der Waals surface area contributed by atoms with E-state index in [1.54, 1.807) is 0 Å². The van der Waals surface area contributed by atoms with Crippen LogP contribution in [0.15, 0.2) is 24.3 Å². The van der Waals surface area contributed by atoms with Crippen molar-refractivity contribution in [2.24, 2.45) is 0 Å². The van der Waals surface area contributed by atoms with Crippen LogP contribution in [0, 0.1) is 17.0 Å². The molecule has 0 atom stereocenters. The summed E-state index contributed by atoms with van der Waals surface area (Å²) in [5, 5.41) is 21.9. The molecule has 1 aromatic heterocycles. The number of amides is 2. The zero-order valence-electron chi connectivity index (χ0n) is 13.8. The van der Waals surface area contributed by atoms with Crippen LogP contribution in [0.3, 0.4) is 0 Å². The Balaban J connectivity index is 2.07. The van der Waals surface area contributed by atoms with Crippen molar-refractivity contribution in [1.82, 2.24) is 10.3 Å². The average molecular weight is 365 g/mol. The maximum atomic E-state index is 13.1. The van der Waals surface area contributed by atoms with Gasteiger partial charge in [0.25, 0.3) is 0 Å². The summed E-state index contributed by atoms with van der Waals surface area (Å²) in [6.45, 7) is -0.560. The topological polar surface area (TPSA) is 133 Å². The minimum atomic E-state index is -1.01. The number of aliphatic hydroxyl groups excluding tert-OH is 1. The summed E-state index contributed by atoms with van der Waals surface area (Å²) in [6, 6.07) is 3.91. The molecule has 0 fully saturated rings. The van der Waals surface area contributed by atoms with Crippen molar-refractivity contribution in [1.29, 1.82) is 5.41 Å². The van der Waals surface area contributed by atoms with Crippen LogP contribution in [-0.2, 0) is 17.9 Å². The van der Waals surface area contributed by atoms with Crippen LogP contribution in [0.2, 0.25) is 0 Å². The van der Waals surface area contributed by atoms with Gasteiger partial charge in [0.15, 0.2) is 11.6 Å². The Kier molecular flexibility index (Phi) is 6.02. The number of carbonyl (C=O) groups excluding carboxylic acids is 1. The van der Waals surface area contributed by atoms with Gasteiger partial charge in [0.2, 0.25) is 5.90 Å². The predicted octanol–water partition coefficient (Wildman–Crippen LogP) is 1.73. The van der Waals surface area contributed by atoms with Crippen LogP contribution in [-0.4, -0.2) is 29.1 Å². The number of nitrogens with two attached hydrogens (primary N) is 1. The van der Waals surface area contributed by atoms with E-state index in [2.05, 4.69) is 15.6 Å². The quantitative estimate of drug-likeness (QED) is 0.406. The molecule has 6 N–H and O–H groups in total. The van der Waals surface area contributed by atoms with Crippen LogP contribution >= 0.6 is 0 Å². The van der Waals surface area contributed by atoms with Crippen LogP contribution in [0.4, 0.5) is 25.1 Å². The molecule has 26 heavy (non-hydrogen) atoms. The van der Waals surface area contributed by atoms with Crippen molar-refractivity contribution in [3.8, 4) is 0 Å². The lowest BCUT2D eigenvalue weighted by atomic mass is 10.1. The fraction of sp³-hybridized carbons (Fsp3) is 0.188. The normalized spacial score (nSPS) is 10.3. The first-order chi connectivity index (χ1) is 12.3. The number of halogens is 2. The number of rotatable bonds is 5. The third-order valence-electron chi connectivity index (χ3n) is 3.38. The molecule has 1 heterocycles. The van der Waals surface area contributed by atoms with E-state index in [0.29, 0.717) is 5.56 Å². The highest BCUT2D eigenvalue weighted by Gasteiger charge is 2.16. The molecule has 0 unspecified atom stereocenters. The number of aromatic nitrogens is 1. The number of aliphatic hydroxyl groups is 1. The summed E-state index contributed by atoms with van der Waals surface area (Å²) in [5.41, 5.74) is 6.47. The van der Waals surface area contributed by atoms with Gasteiger partial charge in [-0.15, -0.1) is 0 Å². The van der Waals surface area contributed by atoms with Crippen molar-refractivity contribution in [2.45, 2.75) is 13.2 Å².